The van der Waals surface area contributed by atoms with E-state index in [0.717, 1.165) is 0 Å². The Balaban J connectivity index is -0.00000000450. The summed E-state index contributed by atoms with van der Waals surface area (Å²) in [4.78, 5) is 8.56. The van der Waals surface area contributed by atoms with Crippen molar-refractivity contribution in [2.24, 2.45) is 0 Å². The number of hydrogen-bond acceptors (Lipinski definition) is 1. The molecule has 0 aliphatic carbocycles. The van der Waals surface area contributed by atoms with E-state index in [0.29, 0.717) is 0 Å². The Labute approximate surface area is 91.5 Å². The van der Waals surface area contributed by atoms with E-state index in [9.17, 15) is 0 Å². The number of carboxylic acid groups (broad SMARTS) is 2. The molecule has 3 nitrogen and oxygen atoms in total. The molecule has 0 aliphatic heterocycles. The molecule has 0 saturated carbocycles. The van der Waals surface area contributed by atoms with Crippen LogP contribution in [0.4, 0.5) is 4.79 Å². The van der Waals surface area contributed by atoms with Gasteiger partial charge in [0.1, 0.15) is 0 Å². The maximum atomic E-state index is 8.56. The standard InChI is InChI=1S/CH2O3.Ca.Na.3H/c2-1(3)4;;;;;/h(H2,2,3,4);;;;;/q;+2;+1;3*-1. The van der Waals surface area contributed by atoms with Crippen molar-refractivity contribution in [3.63, 3.8) is 0 Å². The summed E-state index contributed by atoms with van der Waals surface area (Å²) in [6.45, 7) is 0. The summed E-state index contributed by atoms with van der Waals surface area (Å²) in [5.41, 5.74) is 0. The van der Waals surface area contributed by atoms with E-state index in [1.54, 1.807) is 0 Å². The van der Waals surface area contributed by atoms with Crippen molar-refractivity contribution < 1.29 is 48.8 Å². The fourth-order valence-electron chi connectivity index (χ4n) is 0. The van der Waals surface area contributed by atoms with Gasteiger partial charge in [-0.3, -0.25) is 0 Å². The quantitative estimate of drug-likeness (QED) is 0.346. The summed E-state index contributed by atoms with van der Waals surface area (Å²) in [5, 5.41) is 13.9. The summed E-state index contributed by atoms with van der Waals surface area (Å²) in [6.07, 6.45) is -1.83. The first-order chi connectivity index (χ1) is 1.73. The Morgan fingerprint density at radius 2 is 1.50 bits per heavy atom. The first-order valence-corrected chi connectivity index (χ1v) is 0.651. The number of carbonyl (C=O) groups is 1. The molecule has 0 radical (unpaired) electrons. The molecule has 0 aromatic carbocycles. The third-order valence-corrected chi connectivity index (χ3v) is 0. The molecule has 0 aromatic heterocycles. The van der Waals surface area contributed by atoms with Crippen molar-refractivity contribution in [1.29, 1.82) is 0 Å². The van der Waals surface area contributed by atoms with Crippen LogP contribution < -0.4 is 29.6 Å². The van der Waals surface area contributed by atoms with Crippen LogP contribution in [0.2, 0.25) is 0 Å². The fraction of sp³-hybridized carbons (Fsp3) is 0. The summed E-state index contributed by atoms with van der Waals surface area (Å²) in [5.74, 6) is 0. The van der Waals surface area contributed by atoms with Gasteiger partial charge in [0.25, 0.3) is 0 Å². The van der Waals surface area contributed by atoms with Crippen LogP contribution in [0.25, 0.3) is 0 Å². The fourth-order valence-corrected chi connectivity index (χ4v) is 0. The minimum atomic E-state index is -1.83. The van der Waals surface area contributed by atoms with E-state index in [2.05, 4.69) is 0 Å². The number of rotatable bonds is 0. The van der Waals surface area contributed by atoms with Gasteiger partial charge in [-0.15, -0.1) is 0 Å². The average Bonchev–Trinajstić information content (AvgIpc) is 0.811. The largest absolute Gasteiger partial charge is 2.00 e. The van der Waals surface area contributed by atoms with Gasteiger partial charge in [0.05, 0.1) is 0 Å². The van der Waals surface area contributed by atoms with Gasteiger partial charge in [-0.05, 0) is 0 Å². The van der Waals surface area contributed by atoms with Crippen LogP contribution in [0, 0.1) is 0 Å². The molecular formula is CH5CaNaO3. The Kier molecular flexibility index (Phi) is 25.4. The topological polar surface area (TPSA) is 57.5 Å². The molecule has 0 bridgehead atoms. The zero-order valence-corrected chi connectivity index (χ0v) is 7.72. The second kappa shape index (κ2) is 9.73. The molecule has 0 aromatic rings. The Hall–Kier alpha value is 1.53. The van der Waals surface area contributed by atoms with Crippen molar-refractivity contribution in [2.45, 2.75) is 0 Å². The van der Waals surface area contributed by atoms with Crippen LogP contribution in [0.3, 0.4) is 0 Å². The van der Waals surface area contributed by atoms with E-state index >= 15 is 0 Å². The summed E-state index contributed by atoms with van der Waals surface area (Å²) in [7, 11) is 0. The van der Waals surface area contributed by atoms with Gasteiger partial charge >= 0.3 is 73.5 Å². The molecule has 0 heterocycles. The smallest absolute Gasteiger partial charge is 1.00 e. The first-order valence-electron chi connectivity index (χ1n) is 0.651. The third kappa shape index (κ3) is 48.5. The van der Waals surface area contributed by atoms with Crippen LogP contribution in [-0.2, 0) is 0 Å². The molecule has 0 unspecified atom stereocenters. The van der Waals surface area contributed by atoms with E-state index < -0.39 is 6.16 Å². The molecule has 0 amide bonds. The molecule has 30 valence electrons. The van der Waals surface area contributed by atoms with E-state index in [-0.39, 0.29) is 71.6 Å². The minimum Gasteiger partial charge on any atom is -1.00 e. The molecule has 6 heavy (non-hydrogen) atoms. The van der Waals surface area contributed by atoms with Gasteiger partial charge in [0.2, 0.25) is 0 Å². The Morgan fingerprint density at radius 1 is 1.50 bits per heavy atom. The van der Waals surface area contributed by atoms with Crippen LogP contribution in [0.1, 0.15) is 4.28 Å². The van der Waals surface area contributed by atoms with E-state index in [1.165, 1.54) is 0 Å². The van der Waals surface area contributed by atoms with Gasteiger partial charge in [-0.1, -0.05) is 0 Å². The van der Waals surface area contributed by atoms with Gasteiger partial charge < -0.3 is 14.5 Å². The SMILES string of the molecule is O=C(O)O.[Ca+2].[H-].[H-].[H-].[Na+]. The predicted octanol–water partition coefficient (Wildman–Crippen LogP) is -2.82. The summed E-state index contributed by atoms with van der Waals surface area (Å²) >= 11 is 0. The van der Waals surface area contributed by atoms with E-state index in [1.807, 2.05) is 0 Å². The van der Waals surface area contributed by atoms with E-state index in [4.69, 9.17) is 15.0 Å². The van der Waals surface area contributed by atoms with Crippen molar-refractivity contribution in [1.82, 2.24) is 0 Å². The molecule has 0 atom stereocenters. The van der Waals surface area contributed by atoms with Crippen molar-refractivity contribution in [2.75, 3.05) is 0 Å². The zero-order chi connectivity index (χ0) is 3.58. The molecule has 2 N–H and O–H groups in total. The van der Waals surface area contributed by atoms with Gasteiger partial charge in [0.15, 0.2) is 0 Å². The average molecular weight is 128 g/mol. The van der Waals surface area contributed by atoms with Crippen LogP contribution in [-0.4, -0.2) is 54.1 Å². The van der Waals surface area contributed by atoms with Crippen molar-refractivity contribution in [3.05, 3.63) is 0 Å². The predicted molar refractivity (Wildman–Crippen MR) is 19.7 cm³/mol. The van der Waals surface area contributed by atoms with Crippen LogP contribution >= 0.6 is 0 Å². The maximum absolute atomic E-state index is 8.56. The normalized spacial score (nSPS) is 4.00. The van der Waals surface area contributed by atoms with Crippen molar-refractivity contribution in [3.8, 4) is 0 Å². The molecule has 0 saturated heterocycles. The zero-order valence-electron chi connectivity index (χ0n) is 6.51. The first kappa shape index (κ1) is 15.6. The third-order valence-electron chi connectivity index (χ3n) is 0. The van der Waals surface area contributed by atoms with Crippen LogP contribution in [0.5, 0.6) is 0 Å². The monoisotopic (exact) mass is 128 g/mol. The summed E-state index contributed by atoms with van der Waals surface area (Å²) < 4.78 is 0. The van der Waals surface area contributed by atoms with Gasteiger partial charge in [0, 0.05) is 0 Å². The maximum Gasteiger partial charge on any atom is 2.00 e. The molecule has 5 heteroatoms. The molecule has 0 spiro atoms. The van der Waals surface area contributed by atoms with Crippen LogP contribution in [0.15, 0.2) is 0 Å². The Bertz CT molecular complexity index is 42.0. The molecule has 0 rings (SSSR count). The second-order valence-corrected chi connectivity index (χ2v) is 0.283. The molecule has 0 fully saturated rings. The van der Waals surface area contributed by atoms with Gasteiger partial charge in [-0.25, -0.2) is 4.79 Å². The molecule has 0 aliphatic rings. The number of hydrogen-bond donors (Lipinski definition) is 2. The van der Waals surface area contributed by atoms with Crippen molar-refractivity contribution >= 4 is 43.9 Å². The minimum absolute atomic E-state index is 0. The summed E-state index contributed by atoms with van der Waals surface area (Å²) in [6, 6.07) is 0. The Morgan fingerprint density at radius 3 is 1.50 bits per heavy atom. The second-order valence-electron chi connectivity index (χ2n) is 0.283. The van der Waals surface area contributed by atoms with Gasteiger partial charge in [-0.2, -0.15) is 0 Å². The molecular weight excluding hydrogens is 123 g/mol.